The van der Waals surface area contributed by atoms with E-state index < -0.39 is 11.9 Å². The van der Waals surface area contributed by atoms with Gasteiger partial charge in [0.2, 0.25) is 0 Å². The Morgan fingerprint density at radius 2 is 2.06 bits per heavy atom. The van der Waals surface area contributed by atoms with Crippen LogP contribution in [0, 0.1) is 0 Å². The van der Waals surface area contributed by atoms with Gasteiger partial charge in [0.05, 0.1) is 18.4 Å². The van der Waals surface area contributed by atoms with Crippen molar-refractivity contribution in [3.63, 3.8) is 0 Å². The Kier molecular flexibility index (Phi) is 4.19. The van der Waals surface area contributed by atoms with Gasteiger partial charge in [-0.3, -0.25) is 4.79 Å². The number of carbonyl (C=O) groups is 2. The normalized spacial score (nSPS) is 9.81. The number of rotatable bonds is 5. The summed E-state index contributed by atoms with van der Waals surface area (Å²) >= 11 is 0.967. The number of carboxylic acid groups (broad SMARTS) is 2. The van der Waals surface area contributed by atoms with Crippen molar-refractivity contribution < 1.29 is 24.5 Å². The first-order chi connectivity index (χ1) is 7.54. The third-order valence-electron chi connectivity index (χ3n) is 1.77. The van der Waals surface area contributed by atoms with Gasteiger partial charge in [-0.25, -0.2) is 4.79 Å². The SMILES string of the molecule is COc1ccc(SCC(=O)O)c(C(=O)O)c1. The molecule has 0 fully saturated rings. The zero-order valence-corrected chi connectivity index (χ0v) is 9.28. The summed E-state index contributed by atoms with van der Waals surface area (Å²) in [6.07, 6.45) is 0. The summed E-state index contributed by atoms with van der Waals surface area (Å²) in [4.78, 5) is 21.7. The van der Waals surface area contributed by atoms with E-state index in [4.69, 9.17) is 14.9 Å². The van der Waals surface area contributed by atoms with E-state index in [-0.39, 0.29) is 11.3 Å². The van der Waals surface area contributed by atoms with Crippen molar-refractivity contribution in [1.82, 2.24) is 0 Å². The summed E-state index contributed by atoms with van der Waals surface area (Å²) in [6.45, 7) is 0. The van der Waals surface area contributed by atoms with Crippen LogP contribution < -0.4 is 4.74 Å². The first-order valence-corrected chi connectivity index (χ1v) is 5.29. The Morgan fingerprint density at radius 3 is 2.56 bits per heavy atom. The lowest BCUT2D eigenvalue weighted by molar-refractivity contribution is -0.133. The highest BCUT2D eigenvalue weighted by Crippen LogP contribution is 2.26. The molecule has 2 N–H and O–H groups in total. The molecule has 0 spiro atoms. The van der Waals surface area contributed by atoms with Crippen LogP contribution >= 0.6 is 11.8 Å². The van der Waals surface area contributed by atoms with Gasteiger partial charge in [0, 0.05) is 4.90 Å². The minimum absolute atomic E-state index is 0.0469. The quantitative estimate of drug-likeness (QED) is 0.762. The van der Waals surface area contributed by atoms with E-state index >= 15 is 0 Å². The molecular weight excluding hydrogens is 232 g/mol. The molecule has 1 aromatic rings. The summed E-state index contributed by atoms with van der Waals surface area (Å²) in [5.74, 6) is -1.84. The molecule has 0 aromatic heterocycles. The summed E-state index contributed by atoms with van der Waals surface area (Å²) in [7, 11) is 1.44. The van der Waals surface area contributed by atoms with Gasteiger partial charge >= 0.3 is 11.9 Å². The lowest BCUT2D eigenvalue weighted by atomic mass is 10.2. The molecule has 5 nitrogen and oxygen atoms in total. The third kappa shape index (κ3) is 3.16. The van der Waals surface area contributed by atoms with Crippen molar-refractivity contribution in [2.45, 2.75) is 4.90 Å². The van der Waals surface area contributed by atoms with E-state index in [0.29, 0.717) is 10.6 Å². The Bertz CT molecular complexity index is 416. The standard InChI is InChI=1S/C10H10O5S/c1-15-6-2-3-8(16-5-9(11)12)7(4-6)10(13)14/h2-4H,5H2,1H3,(H,11,12)(H,13,14). The Morgan fingerprint density at radius 1 is 1.38 bits per heavy atom. The topological polar surface area (TPSA) is 83.8 Å². The van der Waals surface area contributed by atoms with E-state index in [0.717, 1.165) is 11.8 Å². The van der Waals surface area contributed by atoms with E-state index in [1.54, 1.807) is 6.07 Å². The van der Waals surface area contributed by atoms with Gasteiger partial charge in [-0.15, -0.1) is 11.8 Å². The molecule has 0 aliphatic heterocycles. The van der Waals surface area contributed by atoms with Crippen LogP contribution in [-0.2, 0) is 4.79 Å². The van der Waals surface area contributed by atoms with Crippen LogP contribution in [0.2, 0.25) is 0 Å². The second-order valence-electron chi connectivity index (χ2n) is 2.85. The number of ether oxygens (including phenoxy) is 1. The molecule has 0 amide bonds. The molecule has 0 aliphatic carbocycles. The summed E-state index contributed by atoms with van der Waals surface area (Å²) < 4.78 is 4.90. The number of methoxy groups -OCH3 is 1. The average Bonchev–Trinajstić information content (AvgIpc) is 2.25. The minimum Gasteiger partial charge on any atom is -0.497 e. The predicted octanol–water partition coefficient (Wildman–Crippen LogP) is 1.57. The summed E-state index contributed by atoms with van der Waals surface area (Å²) in [5, 5.41) is 17.4. The van der Waals surface area contributed by atoms with Crippen LogP contribution in [0.4, 0.5) is 0 Å². The number of thioether (sulfide) groups is 1. The lowest BCUT2D eigenvalue weighted by Gasteiger charge is -2.06. The number of hydrogen-bond donors (Lipinski definition) is 2. The minimum atomic E-state index is -1.10. The fourth-order valence-corrected chi connectivity index (χ4v) is 1.81. The zero-order valence-electron chi connectivity index (χ0n) is 8.47. The molecule has 0 radical (unpaired) electrons. The molecule has 6 heteroatoms. The molecular formula is C10H10O5S. The fraction of sp³-hybridized carbons (Fsp3) is 0.200. The van der Waals surface area contributed by atoms with Crippen molar-refractivity contribution >= 4 is 23.7 Å². The van der Waals surface area contributed by atoms with Crippen LogP contribution in [-0.4, -0.2) is 35.0 Å². The highest BCUT2D eigenvalue weighted by Gasteiger charge is 2.12. The van der Waals surface area contributed by atoms with E-state index in [1.165, 1.54) is 19.2 Å². The first-order valence-electron chi connectivity index (χ1n) is 4.30. The fourth-order valence-electron chi connectivity index (χ4n) is 1.07. The molecule has 0 heterocycles. The second kappa shape index (κ2) is 5.41. The average molecular weight is 242 g/mol. The van der Waals surface area contributed by atoms with Crippen molar-refractivity contribution in [3.8, 4) is 5.75 Å². The number of carboxylic acids is 2. The molecule has 0 saturated heterocycles. The Labute approximate surface area is 96.0 Å². The molecule has 1 aromatic carbocycles. The zero-order chi connectivity index (χ0) is 12.1. The molecule has 1 rings (SSSR count). The van der Waals surface area contributed by atoms with Gasteiger partial charge in [0.25, 0.3) is 0 Å². The summed E-state index contributed by atoms with van der Waals surface area (Å²) in [5.41, 5.74) is 0.0469. The van der Waals surface area contributed by atoms with Crippen LogP contribution in [0.5, 0.6) is 5.75 Å². The summed E-state index contributed by atoms with van der Waals surface area (Å²) in [6, 6.07) is 4.50. The molecule has 16 heavy (non-hydrogen) atoms. The van der Waals surface area contributed by atoms with Crippen LogP contribution in [0.25, 0.3) is 0 Å². The van der Waals surface area contributed by atoms with E-state index in [9.17, 15) is 9.59 Å². The number of benzene rings is 1. The van der Waals surface area contributed by atoms with Gasteiger partial charge in [0.1, 0.15) is 5.75 Å². The maximum absolute atomic E-state index is 10.9. The van der Waals surface area contributed by atoms with Gasteiger partial charge in [-0.1, -0.05) is 0 Å². The molecule has 0 atom stereocenters. The smallest absolute Gasteiger partial charge is 0.336 e. The number of aliphatic carboxylic acids is 1. The van der Waals surface area contributed by atoms with Gasteiger partial charge in [-0.2, -0.15) is 0 Å². The van der Waals surface area contributed by atoms with Crippen molar-refractivity contribution in [2.24, 2.45) is 0 Å². The Balaban J connectivity index is 2.98. The third-order valence-corrected chi connectivity index (χ3v) is 2.83. The molecule has 86 valence electrons. The van der Waals surface area contributed by atoms with Gasteiger partial charge in [0.15, 0.2) is 0 Å². The van der Waals surface area contributed by atoms with Gasteiger partial charge < -0.3 is 14.9 Å². The number of aromatic carboxylic acids is 1. The maximum atomic E-state index is 10.9. The molecule has 0 saturated carbocycles. The van der Waals surface area contributed by atoms with Crippen LogP contribution in [0.15, 0.2) is 23.1 Å². The highest BCUT2D eigenvalue weighted by atomic mass is 32.2. The molecule has 0 unspecified atom stereocenters. The highest BCUT2D eigenvalue weighted by molar-refractivity contribution is 8.00. The van der Waals surface area contributed by atoms with Crippen molar-refractivity contribution in [2.75, 3.05) is 12.9 Å². The number of hydrogen-bond acceptors (Lipinski definition) is 4. The van der Waals surface area contributed by atoms with E-state index in [2.05, 4.69) is 0 Å². The van der Waals surface area contributed by atoms with Crippen molar-refractivity contribution in [1.29, 1.82) is 0 Å². The second-order valence-corrected chi connectivity index (χ2v) is 3.87. The van der Waals surface area contributed by atoms with Crippen molar-refractivity contribution in [3.05, 3.63) is 23.8 Å². The monoisotopic (exact) mass is 242 g/mol. The lowest BCUT2D eigenvalue weighted by Crippen LogP contribution is -2.02. The van der Waals surface area contributed by atoms with Crippen LogP contribution in [0.1, 0.15) is 10.4 Å². The molecule has 0 aliphatic rings. The first kappa shape index (κ1) is 12.4. The van der Waals surface area contributed by atoms with Gasteiger partial charge in [-0.05, 0) is 18.2 Å². The maximum Gasteiger partial charge on any atom is 0.336 e. The largest absolute Gasteiger partial charge is 0.497 e. The predicted molar refractivity (Wildman–Crippen MR) is 58.3 cm³/mol. The van der Waals surface area contributed by atoms with Crippen LogP contribution in [0.3, 0.4) is 0 Å². The Hall–Kier alpha value is -1.69. The molecule has 0 bridgehead atoms. The van der Waals surface area contributed by atoms with E-state index in [1.807, 2.05) is 0 Å².